The van der Waals surface area contributed by atoms with Gasteiger partial charge < -0.3 is 5.32 Å². The minimum absolute atomic E-state index is 0.491. The molecule has 0 heterocycles. The molecule has 0 rings (SSSR count). The first-order chi connectivity index (χ1) is 5.90. The fourth-order valence-electron chi connectivity index (χ4n) is 2.00. The first-order valence-corrected chi connectivity index (χ1v) is 5.54. The number of rotatable bonds is 6. The van der Waals surface area contributed by atoms with E-state index in [1.165, 1.54) is 12.8 Å². The van der Waals surface area contributed by atoms with Gasteiger partial charge in [-0.25, -0.2) is 0 Å². The zero-order valence-corrected chi connectivity index (χ0v) is 10.3. The summed E-state index contributed by atoms with van der Waals surface area (Å²) in [6, 6.07) is 0. The minimum Gasteiger partial charge on any atom is -0.320 e. The van der Waals surface area contributed by atoms with Gasteiger partial charge in [-0.05, 0) is 43.7 Å². The average molecular weight is 185 g/mol. The minimum atomic E-state index is 0.491. The largest absolute Gasteiger partial charge is 0.320 e. The summed E-state index contributed by atoms with van der Waals surface area (Å²) in [5.74, 6) is 1.62. The smallest absolute Gasteiger partial charge is 0.00492 e. The second-order valence-corrected chi connectivity index (χ2v) is 5.38. The van der Waals surface area contributed by atoms with E-state index in [4.69, 9.17) is 0 Å². The Morgan fingerprint density at radius 2 is 1.69 bits per heavy atom. The Morgan fingerprint density at radius 3 is 2.08 bits per heavy atom. The van der Waals surface area contributed by atoms with Gasteiger partial charge in [0.25, 0.3) is 0 Å². The molecule has 1 nitrogen and oxygen atoms in total. The Morgan fingerprint density at radius 1 is 1.15 bits per heavy atom. The van der Waals surface area contributed by atoms with E-state index in [0.29, 0.717) is 5.41 Å². The lowest BCUT2D eigenvalue weighted by molar-refractivity contribution is 0.175. The lowest BCUT2D eigenvalue weighted by Crippen LogP contribution is -2.26. The van der Waals surface area contributed by atoms with Gasteiger partial charge in [0.15, 0.2) is 0 Å². The van der Waals surface area contributed by atoms with Crippen LogP contribution in [0.2, 0.25) is 0 Å². The molecule has 80 valence electrons. The first-order valence-electron chi connectivity index (χ1n) is 5.54. The van der Waals surface area contributed by atoms with Crippen LogP contribution in [0.15, 0.2) is 0 Å². The van der Waals surface area contributed by atoms with Crippen molar-refractivity contribution in [2.75, 3.05) is 13.6 Å². The molecular weight excluding hydrogens is 158 g/mol. The lowest BCUT2D eigenvalue weighted by atomic mass is 9.73. The molecule has 0 aliphatic heterocycles. The summed E-state index contributed by atoms with van der Waals surface area (Å²) in [6.07, 6.45) is 2.62. The molecule has 1 atom stereocenters. The molecule has 0 aromatic carbocycles. The molecule has 0 aliphatic rings. The highest BCUT2D eigenvalue weighted by molar-refractivity contribution is 4.76. The van der Waals surface area contributed by atoms with Gasteiger partial charge in [0.05, 0.1) is 0 Å². The molecule has 0 radical (unpaired) electrons. The summed E-state index contributed by atoms with van der Waals surface area (Å²) in [4.78, 5) is 0. The van der Waals surface area contributed by atoms with Crippen LogP contribution in [0.1, 0.15) is 47.5 Å². The van der Waals surface area contributed by atoms with Crippen molar-refractivity contribution in [3.8, 4) is 0 Å². The maximum absolute atomic E-state index is 3.22. The van der Waals surface area contributed by atoms with Crippen molar-refractivity contribution in [2.45, 2.75) is 47.5 Å². The molecule has 1 unspecified atom stereocenters. The van der Waals surface area contributed by atoms with E-state index in [9.17, 15) is 0 Å². The topological polar surface area (TPSA) is 12.0 Å². The molecule has 0 aromatic heterocycles. The molecule has 0 saturated heterocycles. The fourth-order valence-corrected chi connectivity index (χ4v) is 2.00. The van der Waals surface area contributed by atoms with Crippen molar-refractivity contribution in [3.63, 3.8) is 0 Å². The molecule has 0 spiro atoms. The fraction of sp³-hybridized carbons (Fsp3) is 1.00. The van der Waals surface area contributed by atoms with Gasteiger partial charge in [0.1, 0.15) is 0 Å². The highest BCUT2D eigenvalue weighted by Crippen LogP contribution is 2.35. The van der Waals surface area contributed by atoms with Crippen LogP contribution in [0, 0.1) is 17.3 Å². The van der Waals surface area contributed by atoms with Crippen molar-refractivity contribution in [1.82, 2.24) is 5.32 Å². The van der Waals surface area contributed by atoms with Crippen LogP contribution in [-0.2, 0) is 0 Å². The predicted molar refractivity (Wildman–Crippen MR) is 60.9 cm³/mol. The van der Waals surface area contributed by atoms with Crippen LogP contribution in [0.4, 0.5) is 0 Å². The van der Waals surface area contributed by atoms with Crippen LogP contribution in [0.5, 0.6) is 0 Å². The van der Waals surface area contributed by atoms with Gasteiger partial charge in [-0.3, -0.25) is 0 Å². The second kappa shape index (κ2) is 5.64. The van der Waals surface area contributed by atoms with Crippen molar-refractivity contribution in [3.05, 3.63) is 0 Å². The molecule has 0 aromatic rings. The van der Waals surface area contributed by atoms with E-state index in [-0.39, 0.29) is 0 Å². The molecular formula is C12H27N. The summed E-state index contributed by atoms with van der Waals surface area (Å²) >= 11 is 0. The highest BCUT2D eigenvalue weighted by atomic mass is 14.8. The van der Waals surface area contributed by atoms with Crippen molar-refractivity contribution in [2.24, 2.45) is 17.3 Å². The Hall–Kier alpha value is -0.0400. The van der Waals surface area contributed by atoms with E-state index in [2.05, 4.69) is 39.9 Å². The maximum atomic E-state index is 3.22. The van der Waals surface area contributed by atoms with Crippen LogP contribution >= 0.6 is 0 Å². The molecule has 0 amide bonds. The van der Waals surface area contributed by atoms with Gasteiger partial charge in [0.2, 0.25) is 0 Å². The van der Waals surface area contributed by atoms with Crippen molar-refractivity contribution >= 4 is 0 Å². The van der Waals surface area contributed by atoms with Crippen LogP contribution < -0.4 is 5.32 Å². The molecule has 0 saturated carbocycles. The summed E-state index contributed by atoms with van der Waals surface area (Å²) in [7, 11) is 2.03. The molecule has 0 fully saturated rings. The van der Waals surface area contributed by atoms with Gasteiger partial charge in [-0.1, -0.05) is 34.6 Å². The Balaban J connectivity index is 3.94. The molecule has 1 N–H and O–H groups in total. The summed E-state index contributed by atoms with van der Waals surface area (Å²) in [5.41, 5.74) is 0.491. The Labute approximate surface area is 84.3 Å². The van der Waals surface area contributed by atoms with Gasteiger partial charge in [-0.15, -0.1) is 0 Å². The lowest BCUT2D eigenvalue weighted by Gasteiger charge is -2.33. The Kier molecular flexibility index (Phi) is 5.62. The average Bonchev–Trinajstić information content (AvgIpc) is 1.97. The molecule has 1 heteroatoms. The quantitative estimate of drug-likeness (QED) is 0.669. The van der Waals surface area contributed by atoms with Crippen LogP contribution in [0.3, 0.4) is 0 Å². The zero-order valence-electron chi connectivity index (χ0n) is 10.3. The third-order valence-electron chi connectivity index (χ3n) is 3.10. The van der Waals surface area contributed by atoms with E-state index in [1.807, 2.05) is 7.05 Å². The third kappa shape index (κ3) is 5.30. The third-order valence-corrected chi connectivity index (χ3v) is 3.10. The van der Waals surface area contributed by atoms with Crippen molar-refractivity contribution < 1.29 is 0 Å². The predicted octanol–water partition coefficient (Wildman–Crippen LogP) is 3.30. The number of hydrogen-bond acceptors (Lipinski definition) is 1. The molecule has 0 bridgehead atoms. The number of hydrogen-bond donors (Lipinski definition) is 1. The zero-order chi connectivity index (χ0) is 10.5. The first kappa shape index (κ1) is 13.0. The maximum Gasteiger partial charge on any atom is -0.00492 e. The SMILES string of the molecule is CNCCC(C)C(C)(C)CC(C)C. The van der Waals surface area contributed by atoms with Gasteiger partial charge in [-0.2, -0.15) is 0 Å². The number of nitrogens with one attached hydrogen (secondary N) is 1. The summed E-state index contributed by atoms with van der Waals surface area (Å²) in [5, 5.41) is 3.22. The Bertz CT molecular complexity index is 127. The monoisotopic (exact) mass is 185 g/mol. The second-order valence-electron chi connectivity index (χ2n) is 5.38. The highest BCUT2D eigenvalue weighted by Gasteiger charge is 2.25. The van der Waals surface area contributed by atoms with E-state index >= 15 is 0 Å². The summed E-state index contributed by atoms with van der Waals surface area (Å²) < 4.78 is 0. The van der Waals surface area contributed by atoms with E-state index < -0.39 is 0 Å². The molecule has 13 heavy (non-hydrogen) atoms. The van der Waals surface area contributed by atoms with E-state index in [0.717, 1.165) is 18.4 Å². The van der Waals surface area contributed by atoms with Crippen LogP contribution in [-0.4, -0.2) is 13.6 Å². The summed E-state index contributed by atoms with van der Waals surface area (Å²) in [6.45, 7) is 12.9. The van der Waals surface area contributed by atoms with Gasteiger partial charge in [0, 0.05) is 0 Å². The van der Waals surface area contributed by atoms with Crippen LogP contribution in [0.25, 0.3) is 0 Å². The van der Waals surface area contributed by atoms with Gasteiger partial charge >= 0.3 is 0 Å². The van der Waals surface area contributed by atoms with E-state index in [1.54, 1.807) is 0 Å². The normalized spacial score (nSPS) is 15.0. The van der Waals surface area contributed by atoms with Crippen molar-refractivity contribution in [1.29, 1.82) is 0 Å². The molecule has 0 aliphatic carbocycles. The standard InChI is InChI=1S/C12H27N/c1-10(2)9-12(4,5)11(3)7-8-13-6/h10-11,13H,7-9H2,1-6H3.